The van der Waals surface area contributed by atoms with Crippen LogP contribution in [0.5, 0.6) is 5.75 Å². The monoisotopic (exact) mass is 317 g/mol. The lowest BCUT2D eigenvalue weighted by atomic mass is 10.1. The molecule has 0 fully saturated rings. The van der Waals surface area contributed by atoms with E-state index >= 15 is 0 Å². The number of rotatable bonds is 7. The summed E-state index contributed by atoms with van der Waals surface area (Å²) in [5.74, 6) is 0.694. The van der Waals surface area contributed by atoms with E-state index in [-0.39, 0.29) is 5.91 Å². The van der Waals surface area contributed by atoms with E-state index in [1.54, 1.807) is 24.3 Å². The lowest BCUT2D eigenvalue weighted by molar-refractivity contribution is 0.0947. The van der Waals surface area contributed by atoms with E-state index < -0.39 is 0 Å². The molecular formula is C18H20ClNO2. The molecule has 0 aliphatic heterocycles. The van der Waals surface area contributed by atoms with Gasteiger partial charge in [0, 0.05) is 10.6 Å². The van der Waals surface area contributed by atoms with Crippen molar-refractivity contribution in [2.24, 2.45) is 0 Å². The maximum atomic E-state index is 11.9. The molecule has 0 saturated heterocycles. The van der Waals surface area contributed by atoms with Crippen LogP contribution < -0.4 is 10.1 Å². The summed E-state index contributed by atoms with van der Waals surface area (Å²) in [6.07, 6.45) is 2.22. The fraction of sp³-hybridized carbons (Fsp3) is 0.278. The highest BCUT2D eigenvalue weighted by molar-refractivity contribution is 6.30. The van der Waals surface area contributed by atoms with Gasteiger partial charge in [0.25, 0.3) is 5.91 Å². The van der Waals surface area contributed by atoms with Crippen LogP contribution in [0.2, 0.25) is 5.02 Å². The van der Waals surface area contributed by atoms with Gasteiger partial charge in [-0.15, -0.1) is 0 Å². The number of carbonyl (C=O) groups excluding carboxylic acids is 1. The van der Waals surface area contributed by atoms with Crippen LogP contribution in [0.15, 0.2) is 48.5 Å². The van der Waals surface area contributed by atoms with Crippen molar-refractivity contribution in [1.29, 1.82) is 0 Å². The van der Waals surface area contributed by atoms with Crippen LogP contribution in [0.25, 0.3) is 0 Å². The van der Waals surface area contributed by atoms with Crippen molar-refractivity contribution in [3.05, 3.63) is 64.7 Å². The molecule has 2 aromatic rings. The minimum Gasteiger partial charge on any atom is -0.492 e. The van der Waals surface area contributed by atoms with Gasteiger partial charge in [-0.25, -0.2) is 0 Å². The number of hydrogen-bond acceptors (Lipinski definition) is 2. The molecular weight excluding hydrogens is 298 g/mol. The van der Waals surface area contributed by atoms with Crippen molar-refractivity contribution in [3.8, 4) is 5.75 Å². The molecule has 0 heterocycles. The van der Waals surface area contributed by atoms with Gasteiger partial charge >= 0.3 is 0 Å². The Morgan fingerprint density at radius 2 is 1.77 bits per heavy atom. The third kappa shape index (κ3) is 5.08. The van der Waals surface area contributed by atoms with Crippen LogP contribution in [0.3, 0.4) is 0 Å². The normalized spacial score (nSPS) is 10.3. The van der Waals surface area contributed by atoms with Gasteiger partial charge in [0.05, 0.1) is 6.54 Å². The highest BCUT2D eigenvalue weighted by Gasteiger charge is 2.04. The Morgan fingerprint density at radius 1 is 1.09 bits per heavy atom. The SMILES string of the molecule is CCCc1ccc(OCCNC(=O)c2ccc(Cl)cc2)cc1. The minimum absolute atomic E-state index is 0.126. The van der Waals surface area contributed by atoms with Crippen LogP contribution in [-0.4, -0.2) is 19.1 Å². The van der Waals surface area contributed by atoms with Crippen LogP contribution in [0, 0.1) is 0 Å². The van der Waals surface area contributed by atoms with Gasteiger partial charge in [0.1, 0.15) is 12.4 Å². The lowest BCUT2D eigenvalue weighted by Gasteiger charge is -2.08. The molecule has 2 aromatic carbocycles. The van der Waals surface area contributed by atoms with E-state index in [4.69, 9.17) is 16.3 Å². The number of aryl methyl sites for hydroxylation is 1. The summed E-state index contributed by atoms with van der Waals surface area (Å²) >= 11 is 5.79. The molecule has 116 valence electrons. The second-order valence-electron chi connectivity index (χ2n) is 5.01. The molecule has 0 unspecified atom stereocenters. The Labute approximate surface area is 136 Å². The zero-order chi connectivity index (χ0) is 15.8. The first kappa shape index (κ1) is 16.4. The molecule has 1 N–H and O–H groups in total. The Hall–Kier alpha value is -2.00. The summed E-state index contributed by atoms with van der Waals surface area (Å²) in [4.78, 5) is 11.9. The highest BCUT2D eigenvalue weighted by atomic mass is 35.5. The number of hydrogen-bond donors (Lipinski definition) is 1. The molecule has 22 heavy (non-hydrogen) atoms. The summed E-state index contributed by atoms with van der Waals surface area (Å²) in [5.41, 5.74) is 1.90. The molecule has 3 nitrogen and oxygen atoms in total. The van der Waals surface area contributed by atoms with Crippen LogP contribution in [0.1, 0.15) is 29.3 Å². The van der Waals surface area contributed by atoms with E-state index in [0.717, 1.165) is 18.6 Å². The number of nitrogens with one attached hydrogen (secondary N) is 1. The Balaban J connectivity index is 1.72. The molecule has 0 aliphatic carbocycles. The Kier molecular flexibility index (Phi) is 6.28. The first-order chi connectivity index (χ1) is 10.7. The molecule has 0 saturated carbocycles. The summed E-state index contributed by atoms with van der Waals surface area (Å²) < 4.78 is 5.61. The first-order valence-corrected chi connectivity index (χ1v) is 7.82. The van der Waals surface area contributed by atoms with E-state index in [0.29, 0.717) is 23.7 Å². The van der Waals surface area contributed by atoms with Gasteiger partial charge in [-0.2, -0.15) is 0 Å². The van der Waals surface area contributed by atoms with Gasteiger partial charge in [0.15, 0.2) is 0 Å². The van der Waals surface area contributed by atoms with Gasteiger partial charge < -0.3 is 10.1 Å². The highest BCUT2D eigenvalue weighted by Crippen LogP contribution is 2.13. The maximum absolute atomic E-state index is 11.9. The molecule has 2 rings (SSSR count). The van der Waals surface area contributed by atoms with E-state index in [9.17, 15) is 4.79 Å². The second kappa shape index (κ2) is 8.44. The van der Waals surface area contributed by atoms with Crippen molar-refractivity contribution in [2.75, 3.05) is 13.2 Å². The maximum Gasteiger partial charge on any atom is 0.251 e. The van der Waals surface area contributed by atoms with Crippen LogP contribution >= 0.6 is 11.6 Å². The number of carbonyl (C=O) groups is 1. The van der Waals surface area contributed by atoms with Crippen LogP contribution in [0.4, 0.5) is 0 Å². The number of halogens is 1. The zero-order valence-corrected chi connectivity index (χ0v) is 13.4. The number of amides is 1. The number of ether oxygens (including phenoxy) is 1. The molecule has 1 amide bonds. The molecule has 0 atom stereocenters. The minimum atomic E-state index is -0.126. The number of benzene rings is 2. The zero-order valence-electron chi connectivity index (χ0n) is 12.6. The van der Waals surface area contributed by atoms with Crippen molar-refractivity contribution in [2.45, 2.75) is 19.8 Å². The first-order valence-electron chi connectivity index (χ1n) is 7.44. The summed E-state index contributed by atoms with van der Waals surface area (Å²) in [5, 5.41) is 3.43. The molecule has 0 aliphatic rings. The Morgan fingerprint density at radius 3 is 2.41 bits per heavy atom. The van der Waals surface area contributed by atoms with Crippen LogP contribution in [-0.2, 0) is 6.42 Å². The van der Waals surface area contributed by atoms with E-state index in [1.165, 1.54) is 5.56 Å². The average Bonchev–Trinajstić information content (AvgIpc) is 2.54. The molecule has 4 heteroatoms. The third-order valence-corrected chi connectivity index (χ3v) is 3.48. The molecule has 0 aromatic heterocycles. The van der Waals surface area contributed by atoms with Crippen molar-refractivity contribution >= 4 is 17.5 Å². The summed E-state index contributed by atoms with van der Waals surface area (Å²) in [6.45, 7) is 3.05. The predicted octanol–water partition coefficient (Wildman–Crippen LogP) is 4.10. The quantitative estimate of drug-likeness (QED) is 0.781. The second-order valence-corrected chi connectivity index (χ2v) is 5.44. The molecule has 0 radical (unpaired) electrons. The standard InChI is InChI=1S/C18H20ClNO2/c1-2-3-14-4-10-17(11-5-14)22-13-12-20-18(21)15-6-8-16(19)9-7-15/h4-11H,2-3,12-13H2,1H3,(H,20,21). The summed E-state index contributed by atoms with van der Waals surface area (Å²) in [6, 6.07) is 14.9. The lowest BCUT2D eigenvalue weighted by Crippen LogP contribution is -2.28. The van der Waals surface area contributed by atoms with E-state index in [1.807, 2.05) is 12.1 Å². The Bertz CT molecular complexity index is 593. The molecule has 0 bridgehead atoms. The summed E-state index contributed by atoms with van der Waals surface area (Å²) in [7, 11) is 0. The van der Waals surface area contributed by atoms with Crippen molar-refractivity contribution < 1.29 is 9.53 Å². The van der Waals surface area contributed by atoms with Gasteiger partial charge in [-0.3, -0.25) is 4.79 Å². The van der Waals surface area contributed by atoms with Crippen molar-refractivity contribution in [1.82, 2.24) is 5.32 Å². The van der Waals surface area contributed by atoms with Crippen molar-refractivity contribution in [3.63, 3.8) is 0 Å². The fourth-order valence-corrected chi connectivity index (χ4v) is 2.20. The van der Waals surface area contributed by atoms with E-state index in [2.05, 4.69) is 24.4 Å². The third-order valence-electron chi connectivity index (χ3n) is 3.22. The van der Waals surface area contributed by atoms with Gasteiger partial charge in [0.2, 0.25) is 0 Å². The fourth-order valence-electron chi connectivity index (χ4n) is 2.08. The largest absolute Gasteiger partial charge is 0.492 e. The molecule has 0 spiro atoms. The predicted molar refractivity (Wildman–Crippen MR) is 89.7 cm³/mol. The topological polar surface area (TPSA) is 38.3 Å². The van der Waals surface area contributed by atoms with Gasteiger partial charge in [-0.05, 0) is 48.4 Å². The van der Waals surface area contributed by atoms with Gasteiger partial charge in [-0.1, -0.05) is 37.1 Å². The average molecular weight is 318 g/mol. The smallest absolute Gasteiger partial charge is 0.251 e.